The molecule has 2 N–H and O–H groups in total. The third kappa shape index (κ3) is 3.64. The average Bonchev–Trinajstić information content (AvgIpc) is 2.86. The molecular formula is C19H17N3O5. The van der Waals surface area contributed by atoms with Crippen LogP contribution < -0.4 is 10.6 Å². The molecule has 8 heteroatoms. The Bertz CT molecular complexity index is 954. The van der Waals surface area contributed by atoms with Crippen LogP contribution in [0.15, 0.2) is 42.5 Å². The lowest BCUT2D eigenvalue weighted by Gasteiger charge is -2.09. The highest BCUT2D eigenvalue weighted by Crippen LogP contribution is 2.25. The molecule has 4 amide bonds. The van der Waals surface area contributed by atoms with Crippen LogP contribution in [0.5, 0.6) is 0 Å². The van der Waals surface area contributed by atoms with E-state index >= 15 is 0 Å². The SMILES string of the molecule is CCOC(=O)Nc1cccc(C(=O)Nc2ccc3c(c2)C(=O)N(C)C3=O)c1. The summed E-state index contributed by atoms with van der Waals surface area (Å²) in [5.74, 6) is -1.20. The molecule has 0 unspecified atom stereocenters. The highest BCUT2D eigenvalue weighted by Gasteiger charge is 2.32. The van der Waals surface area contributed by atoms with E-state index in [1.165, 1.54) is 25.2 Å². The molecule has 8 nitrogen and oxygen atoms in total. The quantitative estimate of drug-likeness (QED) is 0.809. The number of fused-ring (bicyclic) bond motifs is 1. The van der Waals surface area contributed by atoms with Gasteiger partial charge in [0.2, 0.25) is 0 Å². The van der Waals surface area contributed by atoms with Crippen LogP contribution in [0.25, 0.3) is 0 Å². The largest absolute Gasteiger partial charge is 0.450 e. The summed E-state index contributed by atoms with van der Waals surface area (Å²) in [7, 11) is 1.41. The van der Waals surface area contributed by atoms with Gasteiger partial charge in [-0.25, -0.2) is 4.79 Å². The maximum Gasteiger partial charge on any atom is 0.411 e. The van der Waals surface area contributed by atoms with Crippen LogP contribution in [-0.4, -0.2) is 42.4 Å². The minimum Gasteiger partial charge on any atom is -0.450 e. The summed E-state index contributed by atoms with van der Waals surface area (Å²) in [6.07, 6.45) is -0.610. The first-order valence-corrected chi connectivity index (χ1v) is 8.22. The van der Waals surface area contributed by atoms with Gasteiger partial charge in [0.1, 0.15) is 0 Å². The molecule has 0 aliphatic carbocycles. The minimum absolute atomic E-state index is 0.237. The molecule has 0 fully saturated rings. The second-order valence-electron chi connectivity index (χ2n) is 5.81. The molecule has 0 bridgehead atoms. The zero-order valence-corrected chi connectivity index (χ0v) is 14.7. The fourth-order valence-electron chi connectivity index (χ4n) is 2.67. The number of anilines is 2. The van der Waals surface area contributed by atoms with Crippen molar-refractivity contribution in [2.75, 3.05) is 24.3 Å². The van der Waals surface area contributed by atoms with Crippen LogP contribution >= 0.6 is 0 Å². The summed E-state index contributed by atoms with van der Waals surface area (Å²) < 4.78 is 4.80. The lowest BCUT2D eigenvalue weighted by molar-refractivity contribution is 0.0692. The topological polar surface area (TPSA) is 105 Å². The number of hydrogen-bond donors (Lipinski definition) is 2. The summed E-state index contributed by atoms with van der Waals surface area (Å²) in [5, 5.41) is 5.20. The smallest absolute Gasteiger partial charge is 0.411 e. The highest BCUT2D eigenvalue weighted by molar-refractivity contribution is 6.21. The molecule has 1 aliphatic heterocycles. The van der Waals surface area contributed by atoms with Crippen molar-refractivity contribution in [3.05, 3.63) is 59.2 Å². The van der Waals surface area contributed by atoms with Gasteiger partial charge in [-0.15, -0.1) is 0 Å². The van der Waals surface area contributed by atoms with E-state index in [2.05, 4.69) is 10.6 Å². The van der Waals surface area contributed by atoms with Crippen molar-refractivity contribution in [2.45, 2.75) is 6.92 Å². The lowest BCUT2D eigenvalue weighted by atomic mass is 10.1. The summed E-state index contributed by atoms with van der Waals surface area (Å²) in [6, 6.07) is 10.9. The molecule has 0 aromatic heterocycles. The van der Waals surface area contributed by atoms with Gasteiger partial charge in [-0.05, 0) is 43.3 Å². The molecule has 0 spiro atoms. The Morgan fingerprint density at radius 2 is 1.67 bits per heavy atom. The maximum absolute atomic E-state index is 12.5. The van der Waals surface area contributed by atoms with Gasteiger partial charge in [0, 0.05) is 24.0 Å². The standard InChI is InChI=1S/C19H17N3O5/c1-3-27-19(26)21-12-6-4-5-11(9-12)16(23)20-13-7-8-14-15(10-13)18(25)22(2)17(14)24/h4-10H,3H2,1-2H3,(H,20,23)(H,21,26). The zero-order valence-electron chi connectivity index (χ0n) is 14.7. The number of imide groups is 1. The van der Waals surface area contributed by atoms with Gasteiger partial charge in [-0.2, -0.15) is 0 Å². The molecule has 2 aromatic rings. The fraction of sp³-hybridized carbons (Fsp3) is 0.158. The minimum atomic E-state index is -0.610. The monoisotopic (exact) mass is 367 g/mol. The third-order valence-electron chi connectivity index (χ3n) is 3.99. The van der Waals surface area contributed by atoms with E-state index < -0.39 is 17.9 Å². The molecule has 27 heavy (non-hydrogen) atoms. The summed E-state index contributed by atoms with van der Waals surface area (Å²) >= 11 is 0. The number of rotatable bonds is 4. The molecule has 1 aliphatic rings. The average molecular weight is 367 g/mol. The molecule has 3 rings (SSSR count). The number of benzene rings is 2. The summed E-state index contributed by atoms with van der Waals surface area (Å²) in [6.45, 7) is 1.93. The van der Waals surface area contributed by atoms with Crippen LogP contribution in [0, 0.1) is 0 Å². The normalized spacial score (nSPS) is 12.6. The number of hydrogen-bond acceptors (Lipinski definition) is 5. The van der Waals surface area contributed by atoms with Crippen LogP contribution in [0.4, 0.5) is 16.2 Å². The Kier molecular flexibility index (Phi) is 4.89. The number of nitrogens with one attached hydrogen (secondary N) is 2. The number of carbonyl (C=O) groups excluding carboxylic acids is 4. The van der Waals surface area contributed by atoms with Crippen molar-refractivity contribution < 1.29 is 23.9 Å². The summed E-state index contributed by atoms with van der Waals surface area (Å²) in [4.78, 5) is 48.9. The van der Waals surface area contributed by atoms with Crippen molar-refractivity contribution in [1.82, 2.24) is 4.90 Å². The van der Waals surface area contributed by atoms with E-state index in [0.29, 0.717) is 22.5 Å². The lowest BCUT2D eigenvalue weighted by Crippen LogP contribution is -2.24. The Labute approximate surface area is 155 Å². The molecule has 0 saturated carbocycles. The maximum atomic E-state index is 12.5. The summed E-state index contributed by atoms with van der Waals surface area (Å²) in [5.41, 5.74) is 1.67. The first-order valence-electron chi connectivity index (χ1n) is 8.22. The van der Waals surface area contributed by atoms with E-state index in [9.17, 15) is 19.2 Å². The second kappa shape index (κ2) is 7.28. The van der Waals surface area contributed by atoms with E-state index in [1.54, 1.807) is 31.2 Å². The van der Waals surface area contributed by atoms with Gasteiger partial charge in [-0.1, -0.05) is 6.07 Å². The van der Waals surface area contributed by atoms with Crippen LogP contribution in [0.1, 0.15) is 38.0 Å². The Morgan fingerprint density at radius 1 is 0.963 bits per heavy atom. The van der Waals surface area contributed by atoms with Crippen LogP contribution in [-0.2, 0) is 4.74 Å². The molecule has 2 aromatic carbocycles. The predicted molar refractivity (Wildman–Crippen MR) is 97.9 cm³/mol. The highest BCUT2D eigenvalue weighted by atomic mass is 16.5. The van der Waals surface area contributed by atoms with Gasteiger partial charge in [0.15, 0.2) is 0 Å². The van der Waals surface area contributed by atoms with Crippen LogP contribution in [0.2, 0.25) is 0 Å². The number of nitrogens with zero attached hydrogens (tertiary/aromatic N) is 1. The van der Waals surface area contributed by atoms with Crippen molar-refractivity contribution in [3.63, 3.8) is 0 Å². The first-order chi connectivity index (χ1) is 12.9. The van der Waals surface area contributed by atoms with Crippen molar-refractivity contribution in [1.29, 1.82) is 0 Å². The number of ether oxygens (including phenoxy) is 1. The fourth-order valence-corrected chi connectivity index (χ4v) is 2.67. The predicted octanol–water partition coefficient (Wildman–Crippen LogP) is 2.73. The van der Waals surface area contributed by atoms with Gasteiger partial charge < -0.3 is 10.1 Å². The third-order valence-corrected chi connectivity index (χ3v) is 3.99. The molecule has 0 saturated heterocycles. The molecule has 1 heterocycles. The molecule has 0 radical (unpaired) electrons. The zero-order chi connectivity index (χ0) is 19.6. The van der Waals surface area contributed by atoms with E-state index in [1.807, 2.05) is 0 Å². The van der Waals surface area contributed by atoms with Gasteiger partial charge >= 0.3 is 6.09 Å². The van der Waals surface area contributed by atoms with Crippen LogP contribution in [0.3, 0.4) is 0 Å². The molecule has 138 valence electrons. The van der Waals surface area contributed by atoms with Crippen molar-refractivity contribution >= 4 is 35.2 Å². The van der Waals surface area contributed by atoms with Gasteiger partial charge in [-0.3, -0.25) is 24.6 Å². The van der Waals surface area contributed by atoms with Gasteiger partial charge in [0.25, 0.3) is 17.7 Å². The van der Waals surface area contributed by atoms with Gasteiger partial charge in [0.05, 0.1) is 17.7 Å². The molecule has 0 atom stereocenters. The molecular weight excluding hydrogens is 350 g/mol. The van der Waals surface area contributed by atoms with E-state index in [4.69, 9.17) is 4.74 Å². The second-order valence-corrected chi connectivity index (χ2v) is 5.81. The van der Waals surface area contributed by atoms with E-state index in [-0.39, 0.29) is 18.1 Å². The van der Waals surface area contributed by atoms with E-state index in [0.717, 1.165) is 4.90 Å². The number of amides is 4. The van der Waals surface area contributed by atoms with Crippen molar-refractivity contribution in [2.24, 2.45) is 0 Å². The Hall–Kier alpha value is -3.68. The Balaban J connectivity index is 1.76. The first kappa shape index (κ1) is 18.1. The Morgan fingerprint density at radius 3 is 2.41 bits per heavy atom. The van der Waals surface area contributed by atoms with Crippen molar-refractivity contribution in [3.8, 4) is 0 Å². The number of carbonyl (C=O) groups is 4.